The zero-order valence-corrected chi connectivity index (χ0v) is 9.60. The fraction of sp³-hybridized carbons (Fsp3) is 0.333. The second-order valence-electron chi connectivity index (χ2n) is 3.42. The van der Waals surface area contributed by atoms with Crippen LogP contribution in [0, 0.1) is 0 Å². The van der Waals surface area contributed by atoms with Crippen LogP contribution in [0.15, 0.2) is 18.2 Å². The van der Waals surface area contributed by atoms with Gasteiger partial charge in [-0.25, -0.2) is 0 Å². The van der Waals surface area contributed by atoms with Gasteiger partial charge >= 0.3 is 0 Å². The first-order valence-corrected chi connectivity index (χ1v) is 5.25. The lowest BCUT2D eigenvalue weighted by Crippen LogP contribution is -2.02. The van der Waals surface area contributed by atoms with Gasteiger partial charge < -0.3 is 9.47 Å². The number of benzene rings is 1. The molecule has 3 heteroatoms. The van der Waals surface area contributed by atoms with Crippen molar-refractivity contribution in [3.05, 3.63) is 29.3 Å². The Morgan fingerprint density at radius 1 is 1.20 bits per heavy atom. The summed E-state index contributed by atoms with van der Waals surface area (Å²) in [6.07, 6.45) is 3.94. The molecule has 0 unspecified atom stereocenters. The first-order valence-electron chi connectivity index (χ1n) is 4.87. The number of fused-ring (bicyclic) bond motifs is 1. The summed E-state index contributed by atoms with van der Waals surface area (Å²) < 4.78 is 10.6. The minimum absolute atomic E-state index is 0.766. The standard InChI is InChI=1S/C12H13ClO2/c1-14-11-7-6-8-9(12(11)15-2)4-3-5-10(8)13/h5-7H,3-4H2,1-2H3. The molecule has 0 amide bonds. The average molecular weight is 225 g/mol. The summed E-state index contributed by atoms with van der Waals surface area (Å²) >= 11 is 6.14. The molecule has 0 aliphatic heterocycles. The van der Waals surface area contributed by atoms with E-state index in [1.165, 1.54) is 0 Å². The Morgan fingerprint density at radius 3 is 2.67 bits per heavy atom. The smallest absolute Gasteiger partial charge is 0.164 e. The van der Waals surface area contributed by atoms with Crippen molar-refractivity contribution in [1.29, 1.82) is 0 Å². The minimum atomic E-state index is 0.766. The highest BCUT2D eigenvalue weighted by molar-refractivity contribution is 6.49. The summed E-state index contributed by atoms with van der Waals surface area (Å²) in [4.78, 5) is 0. The molecule has 0 N–H and O–H groups in total. The van der Waals surface area contributed by atoms with E-state index in [-0.39, 0.29) is 0 Å². The molecule has 0 radical (unpaired) electrons. The normalized spacial score (nSPS) is 14.2. The van der Waals surface area contributed by atoms with Crippen LogP contribution in [0.3, 0.4) is 0 Å². The predicted molar refractivity (Wildman–Crippen MR) is 61.7 cm³/mol. The van der Waals surface area contributed by atoms with Gasteiger partial charge in [0.2, 0.25) is 0 Å². The summed E-state index contributed by atoms with van der Waals surface area (Å²) in [7, 11) is 3.30. The molecule has 0 heterocycles. The lowest BCUT2D eigenvalue weighted by Gasteiger charge is -2.19. The van der Waals surface area contributed by atoms with Gasteiger partial charge in [0.25, 0.3) is 0 Å². The van der Waals surface area contributed by atoms with E-state index in [1.54, 1.807) is 14.2 Å². The van der Waals surface area contributed by atoms with Gasteiger partial charge in [0, 0.05) is 10.6 Å². The van der Waals surface area contributed by atoms with Gasteiger partial charge in [0.05, 0.1) is 14.2 Å². The first-order chi connectivity index (χ1) is 7.27. The molecule has 1 aliphatic rings. The predicted octanol–water partition coefficient (Wildman–Crippen LogP) is 3.23. The molecule has 2 nitrogen and oxygen atoms in total. The molecule has 0 saturated heterocycles. The molecular weight excluding hydrogens is 212 g/mol. The molecule has 0 atom stereocenters. The van der Waals surface area contributed by atoms with Crippen molar-refractivity contribution in [3.63, 3.8) is 0 Å². The molecule has 80 valence electrons. The Kier molecular flexibility index (Phi) is 2.87. The summed E-state index contributed by atoms with van der Waals surface area (Å²) in [5.41, 5.74) is 2.20. The highest BCUT2D eigenvalue weighted by Gasteiger charge is 2.18. The Morgan fingerprint density at radius 2 is 2.00 bits per heavy atom. The largest absolute Gasteiger partial charge is 0.493 e. The lowest BCUT2D eigenvalue weighted by atomic mass is 9.96. The monoisotopic (exact) mass is 224 g/mol. The number of allylic oxidation sites excluding steroid dienone is 1. The molecule has 1 aliphatic carbocycles. The maximum Gasteiger partial charge on any atom is 0.164 e. The number of ether oxygens (including phenoxy) is 2. The molecule has 0 saturated carbocycles. The van der Waals surface area contributed by atoms with Crippen LogP contribution >= 0.6 is 11.6 Å². The van der Waals surface area contributed by atoms with Gasteiger partial charge in [-0.1, -0.05) is 17.7 Å². The summed E-state index contributed by atoms with van der Waals surface area (Å²) in [6.45, 7) is 0. The van der Waals surface area contributed by atoms with Crippen LogP contribution in [0.2, 0.25) is 0 Å². The third kappa shape index (κ3) is 1.70. The Bertz CT molecular complexity index is 410. The fourth-order valence-electron chi connectivity index (χ4n) is 1.92. The van der Waals surface area contributed by atoms with E-state index in [0.717, 1.165) is 40.5 Å². The van der Waals surface area contributed by atoms with Crippen molar-refractivity contribution in [2.75, 3.05) is 14.2 Å². The topological polar surface area (TPSA) is 18.5 Å². The van der Waals surface area contributed by atoms with Crippen molar-refractivity contribution in [2.45, 2.75) is 12.8 Å². The number of halogens is 1. The molecule has 0 fully saturated rings. The van der Waals surface area contributed by atoms with Crippen molar-refractivity contribution >= 4 is 16.6 Å². The Hall–Kier alpha value is -1.15. The van der Waals surface area contributed by atoms with Crippen molar-refractivity contribution in [3.8, 4) is 11.5 Å². The van der Waals surface area contributed by atoms with E-state index < -0.39 is 0 Å². The van der Waals surface area contributed by atoms with Gasteiger partial charge in [0.1, 0.15) is 0 Å². The molecule has 0 bridgehead atoms. The van der Waals surface area contributed by atoms with Gasteiger partial charge in [-0.15, -0.1) is 0 Å². The number of rotatable bonds is 2. The Balaban J connectivity index is 2.60. The van der Waals surface area contributed by atoms with Crippen LogP contribution in [-0.4, -0.2) is 14.2 Å². The van der Waals surface area contributed by atoms with E-state index >= 15 is 0 Å². The highest BCUT2D eigenvalue weighted by atomic mass is 35.5. The quantitative estimate of drug-likeness (QED) is 0.768. The van der Waals surface area contributed by atoms with E-state index in [1.807, 2.05) is 18.2 Å². The number of methoxy groups -OCH3 is 2. The van der Waals surface area contributed by atoms with E-state index in [9.17, 15) is 0 Å². The number of hydrogen-bond donors (Lipinski definition) is 0. The molecule has 1 aromatic carbocycles. The third-order valence-corrected chi connectivity index (χ3v) is 2.98. The van der Waals surface area contributed by atoms with Gasteiger partial charge in [-0.05, 0) is 30.5 Å². The minimum Gasteiger partial charge on any atom is -0.493 e. The van der Waals surface area contributed by atoms with Crippen LogP contribution in [0.5, 0.6) is 11.5 Å². The third-order valence-electron chi connectivity index (χ3n) is 2.62. The molecule has 0 spiro atoms. The highest BCUT2D eigenvalue weighted by Crippen LogP contribution is 2.40. The molecule has 2 rings (SSSR count). The van der Waals surface area contributed by atoms with Crippen molar-refractivity contribution in [1.82, 2.24) is 0 Å². The van der Waals surface area contributed by atoms with E-state index in [2.05, 4.69) is 0 Å². The lowest BCUT2D eigenvalue weighted by molar-refractivity contribution is 0.351. The fourth-order valence-corrected chi connectivity index (χ4v) is 2.20. The van der Waals surface area contributed by atoms with Crippen LogP contribution in [-0.2, 0) is 6.42 Å². The Labute approximate surface area is 94.5 Å². The van der Waals surface area contributed by atoms with Gasteiger partial charge in [-0.2, -0.15) is 0 Å². The van der Waals surface area contributed by atoms with E-state index in [0.29, 0.717) is 0 Å². The SMILES string of the molecule is COc1ccc2c(c1OC)CCC=C2Cl. The van der Waals surface area contributed by atoms with Crippen LogP contribution in [0.1, 0.15) is 17.5 Å². The maximum absolute atomic E-state index is 6.14. The molecular formula is C12H13ClO2. The summed E-state index contributed by atoms with van der Waals surface area (Å²) in [6, 6.07) is 3.87. The number of hydrogen-bond acceptors (Lipinski definition) is 2. The van der Waals surface area contributed by atoms with Crippen LogP contribution in [0.4, 0.5) is 0 Å². The van der Waals surface area contributed by atoms with Crippen molar-refractivity contribution in [2.24, 2.45) is 0 Å². The molecule has 0 aromatic heterocycles. The zero-order chi connectivity index (χ0) is 10.8. The summed E-state index contributed by atoms with van der Waals surface area (Å²) in [5, 5.41) is 0.803. The zero-order valence-electron chi connectivity index (χ0n) is 8.84. The average Bonchev–Trinajstić information content (AvgIpc) is 2.28. The van der Waals surface area contributed by atoms with Gasteiger partial charge in [-0.3, -0.25) is 0 Å². The first kappa shape index (κ1) is 10.4. The second-order valence-corrected chi connectivity index (χ2v) is 3.83. The summed E-state index contributed by atoms with van der Waals surface area (Å²) in [5.74, 6) is 1.57. The van der Waals surface area contributed by atoms with Gasteiger partial charge in [0.15, 0.2) is 11.5 Å². The van der Waals surface area contributed by atoms with E-state index in [4.69, 9.17) is 21.1 Å². The molecule has 1 aromatic rings. The molecule has 15 heavy (non-hydrogen) atoms. The second kappa shape index (κ2) is 4.15. The maximum atomic E-state index is 6.14. The van der Waals surface area contributed by atoms with Crippen LogP contribution < -0.4 is 9.47 Å². The van der Waals surface area contributed by atoms with Crippen LogP contribution in [0.25, 0.3) is 5.03 Å². The van der Waals surface area contributed by atoms with Crippen molar-refractivity contribution < 1.29 is 9.47 Å².